The largest absolute Gasteiger partial charge is 0.393 e. The minimum absolute atomic E-state index is 0.00323. The summed E-state index contributed by atoms with van der Waals surface area (Å²) in [7, 11) is 0. The lowest BCUT2D eigenvalue weighted by atomic mass is 9.84. The van der Waals surface area contributed by atoms with Gasteiger partial charge in [-0.1, -0.05) is 12.8 Å². The standard InChI is InChI=1S/C20H34N2O4/c23-15-9-5-13(6-10-15)19(25)21-17-3-1-2-4-18(17)22-20(26)14-7-11-16(24)12-8-14/h13-18,23-24H,1-12H2,(H,21,25)(H,22,26). The molecule has 4 N–H and O–H groups in total. The second-order valence-corrected chi connectivity index (χ2v) is 8.53. The third-order valence-corrected chi connectivity index (χ3v) is 6.56. The average Bonchev–Trinajstić information content (AvgIpc) is 2.64. The Labute approximate surface area is 156 Å². The van der Waals surface area contributed by atoms with E-state index < -0.39 is 0 Å². The molecule has 0 aromatic carbocycles. The first-order valence-corrected chi connectivity index (χ1v) is 10.5. The van der Waals surface area contributed by atoms with Crippen molar-refractivity contribution in [2.75, 3.05) is 0 Å². The molecule has 148 valence electrons. The van der Waals surface area contributed by atoms with E-state index in [0.717, 1.165) is 51.4 Å². The van der Waals surface area contributed by atoms with Crippen molar-refractivity contribution < 1.29 is 19.8 Å². The molecule has 6 nitrogen and oxygen atoms in total. The van der Waals surface area contributed by atoms with Gasteiger partial charge in [0.2, 0.25) is 11.8 Å². The van der Waals surface area contributed by atoms with Crippen molar-refractivity contribution in [3.63, 3.8) is 0 Å². The Kier molecular flexibility index (Phi) is 6.92. The summed E-state index contributed by atoms with van der Waals surface area (Å²) in [4.78, 5) is 25.2. The number of nitrogens with one attached hydrogen (secondary N) is 2. The van der Waals surface area contributed by atoms with Crippen molar-refractivity contribution in [1.29, 1.82) is 0 Å². The molecule has 2 atom stereocenters. The second kappa shape index (κ2) is 9.18. The van der Waals surface area contributed by atoms with Crippen LogP contribution in [0.3, 0.4) is 0 Å². The molecule has 26 heavy (non-hydrogen) atoms. The fraction of sp³-hybridized carbons (Fsp3) is 0.900. The minimum atomic E-state index is -0.255. The molecule has 0 bridgehead atoms. The molecule has 3 rings (SSSR count). The van der Waals surface area contributed by atoms with Gasteiger partial charge in [-0.2, -0.15) is 0 Å². The first-order valence-electron chi connectivity index (χ1n) is 10.5. The van der Waals surface area contributed by atoms with Crippen LogP contribution in [-0.2, 0) is 9.59 Å². The van der Waals surface area contributed by atoms with Crippen LogP contribution in [0.15, 0.2) is 0 Å². The van der Waals surface area contributed by atoms with Gasteiger partial charge < -0.3 is 20.8 Å². The molecule has 2 amide bonds. The normalized spacial score (nSPS) is 38.4. The van der Waals surface area contributed by atoms with Crippen molar-refractivity contribution in [2.24, 2.45) is 11.8 Å². The molecular weight excluding hydrogens is 332 g/mol. The van der Waals surface area contributed by atoms with Crippen LogP contribution in [0.1, 0.15) is 77.0 Å². The first kappa shape index (κ1) is 19.6. The first-order chi connectivity index (χ1) is 12.5. The summed E-state index contributed by atoms with van der Waals surface area (Å²) < 4.78 is 0. The monoisotopic (exact) mass is 366 g/mol. The molecule has 6 heteroatoms. The molecule has 0 saturated heterocycles. The molecule has 0 spiro atoms. The Balaban J connectivity index is 1.50. The predicted molar refractivity (Wildman–Crippen MR) is 98.3 cm³/mol. The lowest BCUT2D eigenvalue weighted by molar-refractivity contribution is -0.130. The molecule has 3 aliphatic rings. The van der Waals surface area contributed by atoms with Gasteiger partial charge in [-0.05, 0) is 64.2 Å². The maximum atomic E-state index is 12.6. The Hall–Kier alpha value is -1.14. The van der Waals surface area contributed by atoms with E-state index in [4.69, 9.17) is 0 Å². The van der Waals surface area contributed by atoms with Gasteiger partial charge in [-0.3, -0.25) is 9.59 Å². The minimum Gasteiger partial charge on any atom is -0.393 e. The lowest BCUT2D eigenvalue weighted by Gasteiger charge is -2.36. The highest BCUT2D eigenvalue weighted by molar-refractivity contribution is 5.80. The van der Waals surface area contributed by atoms with Gasteiger partial charge >= 0.3 is 0 Å². The quantitative estimate of drug-likeness (QED) is 0.608. The zero-order valence-electron chi connectivity index (χ0n) is 15.7. The summed E-state index contributed by atoms with van der Waals surface area (Å²) in [5.41, 5.74) is 0. The smallest absolute Gasteiger partial charge is 0.223 e. The van der Waals surface area contributed by atoms with E-state index in [1.54, 1.807) is 0 Å². The maximum Gasteiger partial charge on any atom is 0.223 e. The molecule has 0 radical (unpaired) electrons. The Bertz CT molecular complexity index is 438. The van der Waals surface area contributed by atoms with E-state index >= 15 is 0 Å². The summed E-state index contributed by atoms with van der Waals surface area (Å²) in [5, 5.41) is 25.6. The van der Waals surface area contributed by atoms with E-state index in [1.165, 1.54) is 0 Å². The van der Waals surface area contributed by atoms with Gasteiger partial charge in [0.15, 0.2) is 0 Å². The van der Waals surface area contributed by atoms with Gasteiger partial charge in [0.05, 0.1) is 12.2 Å². The van der Waals surface area contributed by atoms with Crippen LogP contribution < -0.4 is 10.6 Å². The molecule has 3 saturated carbocycles. The Morgan fingerprint density at radius 1 is 0.577 bits per heavy atom. The SMILES string of the molecule is O=C(NC1CCCCC1NC(=O)C1CCC(O)CC1)C1CCC(O)CC1. The number of carbonyl (C=O) groups excluding carboxylic acids is 2. The number of hydrogen-bond donors (Lipinski definition) is 4. The summed E-state index contributed by atoms with van der Waals surface area (Å²) in [5.74, 6) is 0.167. The molecule has 0 heterocycles. The highest BCUT2D eigenvalue weighted by Crippen LogP contribution is 2.27. The molecule has 0 aromatic rings. The third kappa shape index (κ3) is 5.19. The molecule has 3 fully saturated rings. The van der Waals surface area contributed by atoms with E-state index in [9.17, 15) is 19.8 Å². The van der Waals surface area contributed by atoms with Gasteiger partial charge in [0.25, 0.3) is 0 Å². The summed E-state index contributed by atoms with van der Waals surface area (Å²) >= 11 is 0. The maximum absolute atomic E-state index is 12.6. The second-order valence-electron chi connectivity index (χ2n) is 8.53. The van der Waals surface area contributed by atoms with Crippen molar-refractivity contribution in [1.82, 2.24) is 10.6 Å². The number of carbonyl (C=O) groups is 2. The average molecular weight is 367 g/mol. The fourth-order valence-corrected chi connectivity index (χ4v) is 4.75. The Morgan fingerprint density at radius 2 is 0.923 bits per heavy atom. The Morgan fingerprint density at radius 3 is 1.27 bits per heavy atom. The number of aliphatic hydroxyl groups excluding tert-OH is 2. The van der Waals surface area contributed by atoms with Crippen molar-refractivity contribution >= 4 is 11.8 Å². The number of hydrogen-bond acceptors (Lipinski definition) is 4. The van der Waals surface area contributed by atoms with Crippen LogP contribution in [0.2, 0.25) is 0 Å². The van der Waals surface area contributed by atoms with Gasteiger partial charge in [-0.15, -0.1) is 0 Å². The van der Waals surface area contributed by atoms with Crippen LogP contribution >= 0.6 is 0 Å². The lowest BCUT2D eigenvalue weighted by Crippen LogP contribution is -2.55. The summed E-state index contributed by atoms with van der Waals surface area (Å²) in [6.45, 7) is 0. The summed E-state index contributed by atoms with van der Waals surface area (Å²) in [6.07, 6.45) is 9.30. The topological polar surface area (TPSA) is 98.7 Å². The van der Waals surface area contributed by atoms with Crippen LogP contribution in [0.25, 0.3) is 0 Å². The van der Waals surface area contributed by atoms with Crippen LogP contribution in [0, 0.1) is 11.8 Å². The van der Waals surface area contributed by atoms with E-state index in [0.29, 0.717) is 25.7 Å². The number of amides is 2. The molecule has 3 aliphatic carbocycles. The zero-order chi connectivity index (χ0) is 18.5. The number of aliphatic hydroxyl groups is 2. The van der Waals surface area contributed by atoms with Crippen molar-refractivity contribution in [3.8, 4) is 0 Å². The summed E-state index contributed by atoms with van der Waals surface area (Å²) in [6, 6.07) is 0.0301. The third-order valence-electron chi connectivity index (χ3n) is 6.56. The van der Waals surface area contributed by atoms with E-state index in [2.05, 4.69) is 10.6 Å². The zero-order valence-corrected chi connectivity index (χ0v) is 15.7. The molecule has 0 aromatic heterocycles. The van der Waals surface area contributed by atoms with Gasteiger partial charge in [-0.25, -0.2) is 0 Å². The van der Waals surface area contributed by atoms with E-state index in [-0.39, 0.29) is 47.9 Å². The van der Waals surface area contributed by atoms with Crippen molar-refractivity contribution in [3.05, 3.63) is 0 Å². The molecule has 0 aliphatic heterocycles. The van der Waals surface area contributed by atoms with Gasteiger partial charge in [0.1, 0.15) is 0 Å². The fourth-order valence-electron chi connectivity index (χ4n) is 4.75. The predicted octanol–water partition coefficient (Wildman–Crippen LogP) is 1.63. The molecular formula is C20H34N2O4. The molecule has 2 unspecified atom stereocenters. The van der Waals surface area contributed by atoms with Crippen LogP contribution in [0.4, 0.5) is 0 Å². The highest BCUT2D eigenvalue weighted by Gasteiger charge is 2.33. The van der Waals surface area contributed by atoms with Crippen molar-refractivity contribution in [2.45, 2.75) is 101 Å². The highest BCUT2D eigenvalue weighted by atomic mass is 16.3. The number of rotatable bonds is 4. The van der Waals surface area contributed by atoms with E-state index in [1.807, 2.05) is 0 Å². The van der Waals surface area contributed by atoms with Crippen LogP contribution in [-0.4, -0.2) is 46.3 Å². The van der Waals surface area contributed by atoms with Crippen LogP contribution in [0.5, 0.6) is 0 Å². The van der Waals surface area contributed by atoms with Gasteiger partial charge in [0, 0.05) is 23.9 Å².